The standard InChI is InChI=1S/C24H27N7/c25-15-18-5-6-21-20(14-18)19(16-27-21)4-2-1-3-9-30-10-12-31(13-11-30)24-23-22(7-8-26-23)28-17-29-24/h5-8,14,16-17,26-27H,1-4,9-13H2. The molecule has 1 aliphatic heterocycles. The van der Waals surface area contributed by atoms with Crippen LogP contribution in [0.3, 0.4) is 0 Å². The zero-order valence-electron chi connectivity index (χ0n) is 17.6. The number of anilines is 1. The van der Waals surface area contributed by atoms with Gasteiger partial charge in [0.25, 0.3) is 0 Å². The molecule has 0 radical (unpaired) electrons. The van der Waals surface area contributed by atoms with Crippen LogP contribution in [0.15, 0.2) is 43.0 Å². The van der Waals surface area contributed by atoms with Crippen molar-refractivity contribution < 1.29 is 0 Å². The smallest absolute Gasteiger partial charge is 0.156 e. The van der Waals surface area contributed by atoms with Crippen molar-refractivity contribution in [1.29, 1.82) is 5.26 Å². The molecule has 0 saturated carbocycles. The van der Waals surface area contributed by atoms with Gasteiger partial charge in [0, 0.05) is 49.5 Å². The highest BCUT2D eigenvalue weighted by Crippen LogP contribution is 2.23. The molecule has 0 unspecified atom stereocenters. The van der Waals surface area contributed by atoms with Gasteiger partial charge >= 0.3 is 0 Å². The van der Waals surface area contributed by atoms with Crippen molar-refractivity contribution in [2.45, 2.75) is 25.7 Å². The molecule has 0 aliphatic carbocycles. The Labute approximate surface area is 181 Å². The van der Waals surface area contributed by atoms with Gasteiger partial charge in [-0.05, 0) is 55.6 Å². The van der Waals surface area contributed by atoms with Crippen molar-refractivity contribution in [3.63, 3.8) is 0 Å². The second-order valence-corrected chi connectivity index (χ2v) is 8.26. The molecule has 1 fully saturated rings. The Morgan fingerprint density at radius 2 is 1.90 bits per heavy atom. The quantitative estimate of drug-likeness (QED) is 0.450. The van der Waals surface area contributed by atoms with E-state index >= 15 is 0 Å². The van der Waals surface area contributed by atoms with Crippen LogP contribution in [0.1, 0.15) is 30.4 Å². The summed E-state index contributed by atoms with van der Waals surface area (Å²) in [6.07, 6.45) is 10.4. The summed E-state index contributed by atoms with van der Waals surface area (Å²) in [5, 5.41) is 10.3. The molecule has 3 aromatic heterocycles. The second kappa shape index (κ2) is 8.78. The first kappa shape index (κ1) is 19.6. The minimum absolute atomic E-state index is 0.728. The Balaban J connectivity index is 1.07. The summed E-state index contributed by atoms with van der Waals surface area (Å²) >= 11 is 0. The van der Waals surface area contributed by atoms with Crippen molar-refractivity contribution in [2.24, 2.45) is 0 Å². The summed E-state index contributed by atoms with van der Waals surface area (Å²) in [7, 11) is 0. The van der Waals surface area contributed by atoms with E-state index in [0.29, 0.717) is 0 Å². The number of rotatable bonds is 7. The maximum absolute atomic E-state index is 9.14. The van der Waals surface area contributed by atoms with Crippen molar-refractivity contribution in [3.05, 3.63) is 54.1 Å². The Bertz CT molecular complexity index is 1210. The third kappa shape index (κ3) is 4.12. The first-order valence-corrected chi connectivity index (χ1v) is 11.1. The van der Waals surface area contributed by atoms with Gasteiger partial charge in [-0.1, -0.05) is 6.42 Å². The molecule has 0 bridgehead atoms. The van der Waals surface area contributed by atoms with Crippen molar-refractivity contribution >= 4 is 27.8 Å². The highest BCUT2D eigenvalue weighted by Gasteiger charge is 2.20. The molecule has 0 amide bonds. The van der Waals surface area contributed by atoms with Crippen LogP contribution in [0.2, 0.25) is 0 Å². The number of nitrogens with zero attached hydrogens (tertiary/aromatic N) is 5. The molecule has 7 heteroatoms. The molecule has 4 aromatic rings. The summed E-state index contributed by atoms with van der Waals surface area (Å²) < 4.78 is 0. The van der Waals surface area contributed by atoms with Gasteiger partial charge in [-0.2, -0.15) is 5.26 Å². The van der Waals surface area contributed by atoms with E-state index in [0.717, 1.165) is 67.1 Å². The predicted octanol–water partition coefficient (Wildman–Crippen LogP) is 3.85. The first-order valence-electron chi connectivity index (χ1n) is 11.1. The summed E-state index contributed by atoms with van der Waals surface area (Å²) in [4.78, 5) is 20.4. The zero-order chi connectivity index (χ0) is 21.0. The lowest BCUT2D eigenvalue weighted by Gasteiger charge is -2.35. The topological polar surface area (TPSA) is 87.6 Å². The molecule has 7 nitrogen and oxygen atoms in total. The molecule has 4 heterocycles. The number of aryl methyl sites for hydroxylation is 1. The van der Waals surface area contributed by atoms with Crippen LogP contribution < -0.4 is 4.90 Å². The molecule has 31 heavy (non-hydrogen) atoms. The van der Waals surface area contributed by atoms with E-state index in [2.05, 4.69) is 42.0 Å². The summed E-state index contributed by atoms with van der Waals surface area (Å²) in [6.45, 7) is 5.31. The third-order valence-electron chi connectivity index (χ3n) is 6.31. The molecule has 158 valence electrons. The zero-order valence-corrected chi connectivity index (χ0v) is 17.6. The Morgan fingerprint density at radius 3 is 2.77 bits per heavy atom. The molecule has 5 rings (SSSR count). The molecule has 2 N–H and O–H groups in total. The van der Waals surface area contributed by atoms with Crippen LogP contribution in [-0.4, -0.2) is 57.6 Å². The number of nitrogens with one attached hydrogen (secondary N) is 2. The van der Waals surface area contributed by atoms with Crippen molar-refractivity contribution in [1.82, 2.24) is 24.8 Å². The van der Waals surface area contributed by atoms with Gasteiger partial charge < -0.3 is 14.9 Å². The Kier molecular flexibility index (Phi) is 5.55. The summed E-state index contributed by atoms with van der Waals surface area (Å²) in [5.74, 6) is 1.02. The van der Waals surface area contributed by atoms with Gasteiger partial charge in [0.05, 0.1) is 17.1 Å². The van der Waals surface area contributed by atoms with E-state index in [1.807, 2.05) is 30.5 Å². The largest absolute Gasteiger partial charge is 0.361 e. The number of nitriles is 1. The number of hydrogen-bond donors (Lipinski definition) is 2. The Hall–Kier alpha value is -3.37. The highest BCUT2D eigenvalue weighted by molar-refractivity contribution is 5.86. The van der Waals surface area contributed by atoms with E-state index in [9.17, 15) is 0 Å². The fraction of sp³-hybridized carbons (Fsp3) is 0.375. The summed E-state index contributed by atoms with van der Waals surface area (Å²) in [5.41, 5.74) is 5.18. The van der Waals surface area contributed by atoms with Crippen LogP contribution >= 0.6 is 0 Å². The number of benzene rings is 1. The van der Waals surface area contributed by atoms with E-state index in [4.69, 9.17) is 5.26 Å². The maximum atomic E-state index is 9.14. The fourth-order valence-electron chi connectivity index (χ4n) is 4.56. The van der Waals surface area contributed by atoms with Gasteiger partial charge in [-0.25, -0.2) is 9.97 Å². The highest BCUT2D eigenvalue weighted by atomic mass is 15.3. The first-order chi connectivity index (χ1) is 15.3. The van der Waals surface area contributed by atoms with Crippen LogP contribution in [-0.2, 0) is 6.42 Å². The van der Waals surface area contributed by atoms with Crippen LogP contribution in [0, 0.1) is 11.3 Å². The van der Waals surface area contributed by atoms with Gasteiger partial charge in [-0.3, -0.25) is 4.90 Å². The van der Waals surface area contributed by atoms with E-state index in [-0.39, 0.29) is 0 Å². The van der Waals surface area contributed by atoms with Crippen molar-refractivity contribution in [3.8, 4) is 6.07 Å². The minimum Gasteiger partial charge on any atom is -0.361 e. The van der Waals surface area contributed by atoms with Gasteiger partial charge in [0.1, 0.15) is 11.8 Å². The van der Waals surface area contributed by atoms with Gasteiger partial charge in [-0.15, -0.1) is 0 Å². The molecule has 0 atom stereocenters. The third-order valence-corrected chi connectivity index (χ3v) is 6.31. The fourth-order valence-corrected chi connectivity index (χ4v) is 4.56. The van der Waals surface area contributed by atoms with Crippen molar-refractivity contribution in [2.75, 3.05) is 37.6 Å². The number of aromatic amines is 2. The number of fused-ring (bicyclic) bond motifs is 2. The van der Waals surface area contributed by atoms with E-state index in [1.165, 1.54) is 30.2 Å². The van der Waals surface area contributed by atoms with Gasteiger partial charge in [0.2, 0.25) is 0 Å². The van der Waals surface area contributed by atoms with Gasteiger partial charge in [0.15, 0.2) is 5.82 Å². The summed E-state index contributed by atoms with van der Waals surface area (Å²) in [6, 6.07) is 10.1. The van der Waals surface area contributed by atoms with E-state index in [1.54, 1.807) is 6.33 Å². The number of aromatic nitrogens is 4. The number of piperazine rings is 1. The Morgan fingerprint density at radius 1 is 1.00 bits per heavy atom. The van der Waals surface area contributed by atoms with Crippen LogP contribution in [0.25, 0.3) is 21.9 Å². The molecular formula is C24H27N7. The number of H-pyrrole nitrogens is 2. The predicted molar refractivity (Wildman–Crippen MR) is 123 cm³/mol. The lowest BCUT2D eigenvalue weighted by atomic mass is 10.0. The number of unbranched alkanes of at least 4 members (excludes halogenated alkanes) is 2. The SMILES string of the molecule is N#Cc1ccc2[nH]cc(CCCCCN3CCN(c4ncnc5cc[nH]c45)CC3)c2c1. The maximum Gasteiger partial charge on any atom is 0.156 e. The van der Waals surface area contributed by atoms with Crippen LogP contribution in [0.4, 0.5) is 5.82 Å². The lowest BCUT2D eigenvalue weighted by Crippen LogP contribution is -2.47. The average molecular weight is 414 g/mol. The second-order valence-electron chi connectivity index (χ2n) is 8.26. The minimum atomic E-state index is 0.728. The normalized spacial score (nSPS) is 15.0. The molecule has 1 saturated heterocycles. The molecule has 1 aliphatic rings. The van der Waals surface area contributed by atoms with Crippen LogP contribution in [0.5, 0.6) is 0 Å². The van der Waals surface area contributed by atoms with E-state index < -0.39 is 0 Å². The number of hydrogen-bond acceptors (Lipinski definition) is 5. The molecular weight excluding hydrogens is 386 g/mol. The lowest BCUT2D eigenvalue weighted by molar-refractivity contribution is 0.252. The average Bonchev–Trinajstić information content (AvgIpc) is 3.46. The molecule has 0 spiro atoms. The monoisotopic (exact) mass is 413 g/mol. The molecule has 1 aromatic carbocycles.